The molecule has 0 unspecified atom stereocenters. The van der Waals surface area contributed by atoms with E-state index in [0.29, 0.717) is 32.2 Å². The van der Waals surface area contributed by atoms with Gasteiger partial charge >= 0.3 is 0 Å². The molecule has 2 aromatic carbocycles. The van der Waals surface area contributed by atoms with Crippen LogP contribution in [0.2, 0.25) is 10.0 Å². The Bertz CT molecular complexity index is 907. The zero-order valence-electron chi connectivity index (χ0n) is 11.6. The highest BCUT2D eigenvalue weighted by molar-refractivity contribution is 6.42. The van der Waals surface area contributed by atoms with E-state index in [4.69, 9.17) is 23.2 Å². The van der Waals surface area contributed by atoms with Crippen LogP contribution in [0.1, 0.15) is 15.9 Å². The van der Waals surface area contributed by atoms with E-state index in [0.717, 1.165) is 5.56 Å². The van der Waals surface area contributed by atoms with Gasteiger partial charge < -0.3 is 9.90 Å². The van der Waals surface area contributed by atoms with E-state index >= 15 is 0 Å². The third-order valence-corrected chi connectivity index (χ3v) is 4.22. The average Bonchev–Trinajstić information content (AvgIpc) is 2.49. The summed E-state index contributed by atoms with van der Waals surface area (Å²) in [5.74, 6) is -1.24. The van der Waals surface area contributed by atoms with Crippen LogP contribution >= 0.6 is 23.2 Å². The zero-order valence-corrected chi connectivity index (χ0v) is 13.1. The Hall–Kier alpha value is -2.10. The van der Waals surface area contributed by atoms with Crippen molar-refractivity contribution in [3.05, 3.63) is 63.6 Å². The van der Waals surface area contributed by atoms with Gasteiger partial charge in [-0.1, -0.05) is 47.5 Å². The van der Waals surface area contributed by atoms with Crippen molar-refractivity contribution in [2.24, 2.45) is 0 Å². The van der Waals surface area contributed by atoms with E-state index < -0.39 is 5.97 Å². The average molecular weight is 331 g/mol. The molecule has 5 heteroatoms. The molecule has 3 aromatic rings. The number of hydrogen-bond donors (Lipinski definition) is 0. The molecule has 1 aromatic heterocycles. The molecule has 0 fully saturated rings. The molecule has 0 aliphatic heterocycles. The molecule has 0 atom stereocenters. The number of benzene rings is 2. The number of aromatic carboxylic acids is 1. The lowest BCUT2D eigenvalue weighted by Gasteiger charge is -2.12. The highest BCUT2D eigenvalue weighted by Gasteiger charge is 2.11. The van der Waals surface area contributed by atoms with Crippen molar-refractivity contribution in [3.63, 3.8) is 0 Å². The third kappa shape index (κ3) is 2.54. The van der Waals surface area contributed by atoms with E-state index in [1.54, 1.807) is 30.3 Å². The summed E-state index contributed by atoms with van der Waals surface area (Å²) in [5.41, 5.74) is 2.84. The highest BCUT2D eigenvalue weighted by Crippen LogP contribution is 2.30. The Kier molecular flexibility index (Phi) is 3.77. The van der Waals surface area contributed by atoms with Crippen molar-refractivity contribution in [1.82, 2.24) is 4.98 Å². The highest BCUT2D eigenvalue weighted by atomic mass is 35.5. The number of hydrogen-bond acceptors (Lipinski definition) is 3. The minimum atomic E-state index is -1.24. The quantitative estimate of drug-likeness (QED) is 0.716. The van der Waals surface area contributed by atoms with Crippen molar-refractivity contribution in [3.8, 4) is 11.3 Å². The standard InChI is InChI=1S/C17H11Cl2NO2/c1-9-3-2-4-11-12(17(21)22)8-15(20-16(9)11)10-5-6-13(18)14(19)7-10/h2-8H,1H3,(H,21,22)/p-1. The van der Waals surface area contributed by atoms with Gasteiger partial charge in [-0.25, -0.2) is 4.98 Å². The molecule has 0 amide bonds. The van der Waals surface area contributed by atoms with Gasteiger partial charge in [-0.15, -0.1) is 0 Å². The Morgan fingerprint density at radius 1 is 1.09 bits per heavy atom. The summed E-state index contributed by atoms with van der Waals surface area (Å²) >= 11 is 11.9. The largest absolute Gasteiger partial charge is 0.545 e. The molecule has 0 aliphatic carbocycles. The lowest BCUT2D eigenvalue weighted by atomic mass is 10.0. The Labute approximate surface area is 137 Å². The van der Waals surface area contributed by atoms with E-state index in [1.807, 2.05) is 13.0 Å². The van der Waals surface area contributed by atoms with Gasteiger partial charge in [0.05, 0.1) is 27.2 Å². The number of aryl methyl sites for hydroxylation is 1. The summed E-state index contributed by atoms with van der Waals surface area (Å²) < 4.78 is 0. The molecular weight excluding hydrogens is 321 g/mol. The number of para-hydroxylation sites is 1. The van der Waals surface area contributed by atoms with Crippen molar-refractivity contribution < 1.29 is 9.90 Å². The number of aromatic nitrogens is 1. The molecule has 3 rings (SSSR count). The fourth-order valence-electron chi connectivity index (χ4n) is 2.36. The number of nitrogens with zero attached hydrogens (tertiary/aromatic N) is 1. The molecule has 0 saturated carbocycles. The van der Waals surface area contributed by atoms with Crippen molar-refractivity contribution in [2.45, 2.75) is 6.92 Å². The van der Waals surface area contributed by atoms with Gasteiger partial charge in [0.25, 0.3) is 0 Å². The second kappa shape index (κ2) is 5.59. The number of rotatable bonds is 2. The van der Waals surface area contributed by atoms with E-state index in [1.165, 1.54) is 6.07 Å². The molecule has 0 saturated heterocycles. The fraction of sp³-hybridized carbons (Fsp3) is 0.0588. The number of carboxylic acids is 1. The molecule has 0 aliphatic rings. The first kappa shape index (κ1) is 14.8. The third-order valence-electron chi connectivity index (χ3n) is 3.48. The number of carbonyl (C=O) groups is 1. The van der Waals surface area contributed by atoms with Crippen LogP contribution in [-0.4, -0.2) is 11.0 Å². The summed E-state index contributed by atoms with van der Waals surface area (Å²) in [6.45, 7) is 1.88. The maximum atomic E-state index is 11.4. The van der Waals surface area contributed by atoms with Crippen molar-refractivity contribution in [2.75, 3.05) is 0 Å². The molecule has 0 spiro atoms. The molecule has 0 radical (unpaired) electrons. The van der Waals surface area contributed by atoms with Crippen LogP contribution < -0.4 is 5.11 Å². The van der Waals surface area contributed by atoms with Gasteiger partial charge in [-0.3, -0.25) is 0 Å². The summed E-state index contributed by atoms with van der Waals surface area (Å²) in [6, 6.07) is 12.0. The summed E-state index contributed by atoms with van der Waals surface area (Å²) in [5, 5.41) is 12.8. The molecule has 1 heterocycles. The van der Waals surface area contributed by atoms with Crippen LogP contribution in [0.3, 0.4) is 0 Å². The monoisotopic (exact) mass is 330 g/mol. The van der Waals surface area contributed by atoms with Crippen LogP contribution in [-0.2, 0) is 0 Å². The van der Waals surface area contributed by atoms with Crippen LogP contribution in [0.5, 0.6) is 0 Å². The van der Waals surface area contributed by atoms with Crippen LogP contribution in [0.4, 0.5) is 0 Å². The minimum Gasteiger partial charge on any atom is -0.545 e. The van der Waals surface area contributed by atoms with E-state index in [-0.39, 0.29) is 5.56 Å². The van der Waals surface area contributed by atoms with Crippen LogP contribution in [0.15, 0.2) is 42.5 Å². The number of fused-ring (bicyclic) bond motifs is 1. The molecule has 22 heavy (non-hydrogen) atoms. The normalized spacial score (nSPS) is 10.9. The van der Waals surface area contributed by atoms with Gasteiger partial charge in [-0.05, 0) is 30.7 Å². The summed E-state index contributed by atoms with van der Waals surface area (Å²) in [4.78, 5) is 16.0. The van der Waals surface area contributed by atoms with Gasteiger partial charge in [0.1, 0.15) is 0 Å². The number of halogens is 2. The summed E-state index contributed by atoms with van der Waals surface area (Å²) in [7, 11) is 0. The predicted molar refractivity (Wildman–Crippen MR) is 86.3 cm³/mol. The predicted octanol–water partition coefficient (Wildman–Crippen LogP) is 3.88. The molecule has 0 N–H and O–H groups in total. The Balaban J connectivity index is 2.33. The Morgan fingerprint density at radius 2 is 1.86 bits per heavy atom. The molecule has 0 bridgehead atoms. The maximum absolute atomic E-state index is 11.4. The second-order valence-electron chi connectivity index (χ2n) is 4.94. The smallest absolute Gasteiger partial charge is 0.0745 e. The summed E-state index contributed by atoms with van der Waals surface area (Å²) in [6.07, 6.45) is 0. The molecule has 3 nitrogen and oxygen atoms in total. The first-order valence-corrected chi connectivity index (χ1v) is 7.30. The molecular formula is C17H10Cl2NO2-. The Morgan fingerprint density at radius 3 is 2.55 bits per heavy atom. The van der Waals surface area contributed by atoms with E-state index in [2.05, 4.69) is 4.98 Å². The topological polar surface area (TPSA) is 53.0 Å². The maximum Gasteiger partial charge on any atom is 0.0745 e. The SMILES string of the molecule is Cc1cccc2c(C(=O)[O-])cc(-c3ccc(Cl)c(Cl)c3)nc12. The first-order valence-electron chi connectivity index (χ1n) is 6.54. The zero-order chi connectivity index (χ0) is 15.9. The minimum absolute atomic E-state index is 0.106. The first-order chi connectivity index (χ1) is 10.5. The number of carbonyl (C=O) groups excluding carboxylic acids is 1. The number of pyridine rings is 1. The molecule has 110 valence electrons. The lowest BCUT2D eigenvalue weighted by Crippen LogP contribution is -2.22. The van der Waals surface area contributed by atoms with Gasteiger partial charge in [0.15, 0.2) is 0 Å². The van der Waals surface area contributed by atoms with Crippen LogP contribution in [0.25, 0.3) is 22.2 Å². The van der Waals surface area contributed by atoms with E-state index in [9.17, 15) is 9.90 Å². The second-order valence-corrected chi connectivity index (χ2v) is 5.76. The van der Waals surface area contributed by atoms with Crippen molar-refractivity contribution in [1.29, 1.82) is 0 Å². The lowest BCUT2D eigenvalue weighted by molar-refractivity contribution is -0.254. The van der Waals surface area contributed by atoms with Gasteiger partial charge in [-0.2, -0.15) is 0 Å². The fourth-order valence-corrected chi connectivity index (χ4v) is 2.66. The van der Waals surface area contributed by atoms with Crippen LogP contribution in [0, 0.1) is 6.92 Å². The van der Waals surface area contributed by atoms with Crippen molar-refractivity contribution >= 4 is 40.1 Å². The van der Waals surface area contributed by atoms with Gasteiger partial charge in [0, 0.05) is 16.5 Å². The number of carboxylic acid groups (broad SMARTS) is 1. The van der Waals surface area contributed by atoms with Gasteiger partial charge in [0.2, 0.25) is 0 Å².